The van der Waals surface area contributed by atoms with Gasteiger partial charge in [-0.2, -0.15) is 0 Å². The summed E-state index contributed by atoms with van der Waals surface area (Å²) in [5, 5.41) is 12.4. The summed E-state index contributed by atoms with van der Waals surface area (Å²) in [6.07, 6.45) is 0. The molecule has 0 aliphatic heterocycles. The molecule has 0 amide bonds. The standard InChI is InChI=1S/C11H7Br2NO3/c1-5(14-16)8-3-6-2-7(12)4-9(13)10(6)17-11(8)15/h2-4,16H,1H3/b14-5+. The van der Waals surface area contributed by atoms with Gasteiger partial charge >= 0.3 is 5.63 Å². The first-order valence-electron chi connectivity index (χ1n) is 4.65. The summed E-state index contributed by atoms with van der Waals surface area (Å²) in [7, 11) is 0. The molecule has 0 unspecified atom stereocenters. The van der Waals surface area contributed by atoms with Gasteiger partial charge < -0.3 is 9.62 Å². The van der Waals surface area contributed by atoms with E-state index in [1.54, 1.807) is 12.1 Å². The molecule has 0 fully saturated rings. The average Bonchev–Trinajstić information content (AvgIpc) is 2.28. The van der Waals surface area contributed by atoms with Crippen molar-refractivity contribution in [3.05, 3.63) is 43.1 Å². The zero-order valence-electron chi connectivity index (χ0n) is 8.70. The molecule has 0 radical (unpaired) electrons. The molecule has 1 N–H and O–H groups in total. The van der Waals surface area contributed by atoms with Crippen molar-refractivity contribution in [2.45, 2.75) is 6.92 Å². The van der Waals surface area contributed by atoms with Gasteiger partial charge in [-0.3, -0.25) is 0 Å². The summed E-state index contributed by atoms with van der Waals surface area (Å²) in [5.74, 6) is 0. The maximum Gasteiger partial charge on any atom is 0.345 e. The van der Waals surface area contributed by atoms with Gasteiger partial charge in [-0.25, -0.2) is 4.79 Å². The Balaban J connectivity index is 2.85. The van der Waals surface area contributed by atoms with E-state index in [0.29, 0.717) is 10.1 Å². The second-order valence-electron chi connectivity index (χ2n) is 3.44. The lowest BCUT2D eigenvalue weighted by molar-refractivity contribution is 0.319. The molecule has 2 aromatic rings. The van der Waals surface area contributed by atoms with E-state index < -0.39 is 5.63 Å². The van der Waals surface area contributed by atoms with Crippen LogP contribution >= 0.6 is 31.9 Å². The van der Waals surface area contributed by atoms with Crippen LogP contribution in [0.3, 0.4) is 0 Å². The summed E-state index contributed by atoms with van der Waals surface area (Å²) < 4.78 is 6.73. The van der Waals surface area contributed by atoms with Gasteiger partial charge in [0.25, 0.3) is 0 Å². The fourth-order valence-corrected chi connectivity index (χ4v) is 2.80. The largest absolute Gasteiger partial charge is 0.421 e. The Morgan fingerprint density at radius 1 is 1.35 bits per heavy atom. The van der Waals surface area contributed by atoms with Crippen LogP contribution in [0, 0.1) is 0 Å². The lowest BCUT2D eigenvalue weighted by Crippen LogP contribution is -2.12. The average molecular weight is 361 g/mol. The Labute approximate surface area is 113 Å². The predicted octanol–water partition coefficient (Wildman–Crippen LogP) is 3.52. The van der Waals surface area contributed by atoms with Gasteiger partial charge in [0.1, 0.15) is 0 Å². The van der Waals surface area contributed by atoms with Crippen molar-refractivity contribution in [1.29, 1.82) is 0 Å². The molecule has 0 aliphatic rings. The predicted molar refractivity (Wildman–Crippen MR) is 71.9 cm³/mol. The monoisotopic (exact) mass is 359 g/mol. The Kier molecular flexibility index (Phi) is 3.35. The maximum absolute atomic E-state index is 11.7. The van der Waals surface area contributed by atoms with Gasteiger partial charge in [-0.05, 0) is 41.1 Å². The first-order chi connectivity index (χ1) is 8.02. The highest BCUT2D eigenvalue weighted by atomic mass is 79.9. The van der Waals surface area contributed by atoms with Crippen molar-refractivity contribution < 1.29 is 9.62 Å². The van der Waals surface area contributed by atoms with Crippen LogP contribution < -0.4 is 5.63 Å². The van der Waals surface area contributed by atoms with Gasteiger partial charge in [0, 0.05) is 9.86 Å². The number of benzene rings is 1. The molecule has 1 aromatic heterocycles. The molecular weight excluding hydrogens is 354 g/mol. The SMILES string of the molecule is C/C(=N\O)c1cc2cc(Br)cc(Br)c2oc1=O. The van der Waals surface area contributed by atoms with Crippen LogP contribution in [0.15, 0.2) is 41.5 Å². The number of halogens is 2. The van der Waals surface area contributed by atoms with Gasteiger partial charge in [-0.1, -0.05) is 21.1 Å². The molecular formula is C11H7Br2NO3. The summed E-state index contributed by atoms with van der Waals surface area (Å²) in [6, 6.07) is 5.24. The van der Waals surface area contributed by atoms with Crippen LogP contribution in [0.1, 0.15) is 12.5 Å². The zero-order chi connectivity index (χ0) is 12.6. The highest BCUT2D eigenvalue weighted by Crippen LogP contribution is 2.28. The topological polar surface area (TPSA) is 62.8 Å². The fraction of sp³-hybridized carbons (Fsp3) is 0.0909. The molecule has 0 aliphatic carbocycles. The molecule has 1 heterocycles. The third kappa shape index (κ3) is 2.28. The van der Waals surface area contributed by atoms with Crippen LogP contribution in [0.5, 0.6) is 0 Å². The summed E-state index contributed by atoms with van der Waals surface area (Å²) >= 11 is 6.67. The molecule has 0 bridgehead atoms. The van der Waals surface area contributed by atoms with E-state index in [9.17, 15) is 4.79 Å². The minimum Gasteiger partial charge on any atom is -0.421 e. The summed E-state index contributed by atoms with van der Waals surface area (Å²) in [5.41, 5.74) is 0.394. The van der Waals surface area contributed by atoms with E-state index in [-0.39, 0.29) is 11.3 Å². The number of oxime groups is 1. The second-order valence-corrected chi connectivity index (χ2v) is 5.21. The summed E-state index contributed by atoms with van der Waals surface area (Å²) in [4.78, 5) is 11.7. The van der Waals surface area contributed by atoms with Gasteiger partial charge in [-0.15, -0.1) is 0 Å². The Morgan fingerprint density at radius 2 is 2.06 bits per heavy atom. The molecule has 6 heteroatoms. The molecule has 0 atom stereocenters. The first kappa shape index (κ1) is 12.3. The van der Waals surface area contributed by atoms with Crippen LogP contribution in [-0.2, 0) is 0 Å². The third-order valence-electron chi connectivity index (χ3n) is 2.29. The first-order valence-corrected chi connectivity index (χ1v) is 6.23. The van der Waals surface area contributed by atoms with Crippen molar-refractivity contribution in [2.75, 3.05) is 0 Å². The lowest BCUT2D eigenvalue weighted by atomic mass is 10.1. The molecule has 0 saturated heterocycles. The second kappa shape index (κ2) is 4.62. The van der Waals surface area contributed by atoms with Gasteiger partial charge in [0.15, 0.2) is 5.58 Å². The molecule has 0 saturated carbocycles. The number of hydrogen-bond donors (Lipinski definition) is 1. The molecule has 4 nitrogen and oxygen atoms in total. The van der Waals surface area contributed by atoms with Crippen molar-refractivity contribution in [1.82, 2.24) is 0 Å². The molecule has 1 aromatic carbocycles. The van der Waals surface area contributed by atoms with E-state index in [4.69, 9.17) is 9.62 Å². The van der Waals surface area contributed by atoms with Crippen LogP contribution in [-0.4, -0.2) is 10.9 Å². The molecule has 2 rings (SSSR count). The smallest absolute Gasteiger partial charge is 0.345 e. The van der Waals surface area contributed by atoms with Crippen molar-refractivity contribution >= 4 is 48.5 Å². The molecule has 88 valence electrons. The third-order valence-corrected chi connectivity index (χ3v) is 3.34. The van der Waals surface area contributed by atoms with Crippen LogP contribution in [0.25, 0.3) is 11.0 Å². The highest BCUT2D eigenvalue weighted by molar-refractivity contribution is 9.11. The van der Waals surface area contributed by atoms with E-state index in [0.717, 1.165) is 9.86 Å². The molecule has 0 spiro atoms. The Bertz CT molecular complexity index is 676. The fourth-order valence-electron chi connectivity index (χ4n) is 1.46. The van der Waals surface area contributed by atoms with Crippen molar-refractivity contribution in [3.63, 3.8) is 0 Å². The normalized spacial score (nSPS) is 12.1. The van der Waals surface area contributed by atoms with E-state index in [2.05, 4.69) is 37.0 Å². The van der Waals surface area contributed by atoms with E-state index in [1.165, 1.54) is 6.92 Å². The van der Waals surface area contributed by atoms with Crippen molar-refractivity contribution in [3.8, 4) is 0 Å². The van der Waals surface area contributed by atoms with Gasteiger partial charge in [0.2, 0.25) is 0 Å². The lowest BCUT2D eigenvalue weighted by Gasteiger charge is -2.03. The number of hydrogen-bond acceptors (Lipinski definition) is 4. The number of nitrogens with zero attached hydrogens (tertiary/aromatic N) is 1. The zero-order valence-corrected chi connectivity index (χ0v) is 11.9. The van der Waals surface area contributed by atoms with Gasteiger partial charge in [0.05, 0.1) is 15.7 Å². The van der Waals surface area contributed by atoms with E-state index >= 15 is 0 Å². The summed E-state index contributed by atoms with van der Waals surface area (Å²) in [6.45, 7) is 1.53. The maximum atomic E-state index is 11.7. The number of rotatable bonds is 1. The minimum absolute atomic E-state index is 0.219. The Morgan fingerprint density at radius 3 is 2.71 bits per heavy atom. The highest BCUT2D eigenvalue weighted by Gasteiger charge is 2.11. The molecule has 17 heavy (non-hydrogen) atoms. The van der Waals surface area contributed by atoms with Crippen molar-refractivity contribution in [2.24, 2.45) is 5.16 Å². The Hall–Kier alpha value is -1.14. The number of fused-ring (bicyclic) bond motifs is 1. The van der Waals surface area contributed by atoms with E-state index in [1.807, 2.05) is 6.07 Å². The quantitative estimate of drug-likeness (QED) is 0.366. The van der Waals surface area contributed by atoms with Crippen LogP contribution in [0.2, 0.25) is 0 Å². The van der Waals surface area contributed by atoms with Crippen LogP contribution in [0.4, 0.5) is 0 Å². The minimum atomic E-state index is -0.532.